The minimum atomic E-state index is -0.577. The Bertz CT molecular complexity index is 844. The molecule has 2 aromatic rings. The summed E-state index contributed by atoms with van der Waals surface area (Å²) in [4.78, 5) is 12.3. The van der Waals surface area contributed by atoms with Crippen LogP contribution in [0.1, 0.15) is 21.5 Å². The van der Waals surface area contributed by atoms with Crippen LogP contribution < -0.4 is 9.47 Å². The molecule has 0 fully saturated rings. The molecule has 110 valence electrons. The number of fused-ring (bicyclic) bond motifs is 2. The van der Waals surface area contributed by atoms with Gasteiger partial charge in [0.05, 0.1) is 5.56 Å². The predicted molar refractivity (Wildman–Crippen MR) is 74.0 cm³/mol. The minimum absolute atomic E-state index is 0.0266. The van der Waals surface area contributed by atoms with Gasteiger partial charge in [0.1, 0.15) is 11.1 Å². The molecule has 0 spiro atoms. The van der Waals surface area contributed by atoms with Crippen molar-refractivity contribution in [1.29, 1.82) is 0 Å². The lowest BCUT2D eigenvalue weighted by Gasteiger charge is -2.03. The van der Waals surface area contributed by atoms with Gasteiger partial charge in [-0.25, -0.2) is 9.18 Å². The van der Waals surface area contributed by atoms with Crippen LogP contribution in [0, 0.1) is 5.82 Å². The van der Waals surface area contributed by atoms with Crippen LogP contribution in [-0.4, -0.2) is 28.3 Å². The van der Waals surface area contributed by atoms with Crippen LogP contribution in [0.3, 0.4) is 0 Å². The zero-order chi connectivity index (χ0) is 15.3. The Morgan fingerprint density at radius 1 is 1.14 bits per heavy atom. The maximum Gasteiger partial charge on any atom is 0.423 e. The van der Waals surface area contributed by atoms with Gasteiger partial charge in [-0.15, -0.1) is 4.58 Å². The molecule has 6 heteroatoms. The van der Waals surface area contributed by atoms with Crippen molar-refractivity contribution in [2.24, 2.45) is 0 Å². The summed E-state index contributed by atoms with van der Waals surface area (Å²) in [5, 5.41) is 10.2. The molecule has 22 heavy (non-hydrogen) atoms. The summed E-state index contributed by atoms with van der Waals surface area (Å²) in [7, 11) is 0. The molecule has 0 saturated heterocycles. The predicted octanol–water partition coefficient (Wildman–Crippen LogP) is 2.23. The fraction of sp³-hybridized carbons (Fsp3) is 0.125. The first-order chi connectivity index (χ1) is 10.7. The van der Waals surface area contributed by atoms with E-state index in [1.54, 1.807) is 30.3 Å². The van der Waals surface area contributed by atoms with Crippen LogP contribution in [0.25, 0.3) is 0 Å². The van der Waals surface area contributed by atoms with Gasteiger partial charge in [0.25, 0.3) is 0 Å². The van der Waals surface area contributed by atoms with E-state index in [9.17, 15) is 14.3 Å². The lowest BCUT2D eigenvalue weighted by molar-refractivity contribution is -0.450. The Labute approximate surface area is 124 Å². The van der Waals surface area contributed by atoms with E-state index in [0.717, 1.165) is 4.58 Å². The molecule has 1 amide bonds. The van der Waals surface area contributed by atoms with Crippen molar-refractivity contribution in [3.05, 3.63) is 58.9 Å². The summed E-state index contributed by atoms with van der Waals surface area (Å²) >= 11 is 0. The van der Waals surface area contributed by atoms with Crippen molar-refractivity contribution in [2.75, 3.05) is 6.79 Å². The van der Waals surface area contributed by atoms with Gasteiger partial charge in [-0.05, 0) is 24.3 Å². The lowest BCUT2D eigenvalue weighted by atomic mass is 10.1. The van der Waals surface area contributed by atoms with Crippen molar-refractivity contribution in [3.8, 4) is 11.5 Å². The zero-order valence-corrected chi connectivity index (χ0v) is 11.4. The third-order valence-corrected chi connectivity index (χ3v) is 3.79. The molecule has 0 radical (unpaired) electrons. The molecule has 0 unspecified atom stereocenters. The quantitative estimate of drug-likeness (QED) is 0.864. The molecule has 2 aliphatic heterocycles. The third-order valence-electron chi connectivity index (χ3n) is 3.79. The number of ether oxygens (including phenoxy) is 2. The molecule has 2 heterocycles. The Morgan fingerprint density at radius 3 is 2.68 bits per heavy atom. The molecule has 2 aromatic carbocycles. The van der Waals surface area contributed by atoms with Crippen LogP contribution >= 0.6 is 0 Å². The van der Waals surface area contributed by atoms with E-state index in [0.29, 0.717) is 16.9 Å². The molecule has 1 N–H and O–H groups in total. The number of rotatable bonds is 2. The van der Waals surface area contributed by atoms with Crippen molar-refractivity contribution in [1.82, 2.24) is 0 Å². The maximum absolute atomic E-state index is 14.4. The number of hydrogen-bond acceptors (Lipinski definition) is 3. The van der Waals surface area contributed by atoms with E-state index < -0.39 is 5.82 Å². The number of aliphatic hydroxyl groups is 1. The van der Waals surface area contributed by atoms with Gasteiger partial charge in [-0.1, -0.05) is 12.1 Å². The van der Waals surface area contributed by atoms with Crippen molar-refractivity contribution in [2.45, 2.75) is 6.54 Å². The van der Waals surface area contributed by atoms with E-state index in [2.05, 4.69) is 0 Å². The molecular formula is C16H11FNO4+. The highest BCUT2D eigenvalue weighted by Gasteiger charge is 2.39. The number of benzene rings is 2. The molecule has 4 rings (SSSR count). The second kappa shape index (κ2) is 4.56. The highest BCUT2D eigenvalue weighted by atomic mass is 19.1. The van der Waals surface area contributed by atoms with Crippen LogP contribution in [0.15, 0.2) is 36.4 Å². The second-order valence-corrected chi connectivity index (χ2v) is 5.03. The monoisotopic (exact) mass is 300 g/mol. The summed E-state index contributed by atoms with van der Waals surface area (Å²) < 4.78 is 25.7. The first-order valence-corrected chi connectivity index (χ1v) is 6.71. The minimum Gasteiger partial charge on any atom is -0.459 e. The second-order valence-electron chi connectivity index (χ2n) is 5.03. The number of amides is 1. The summed E-state index contributed by atoms with van der Waals surface area (Å²) in [6.45, 7) is -0.108. The molecule has 0 bridgehead atoms. The standard InChI is InChI=1S/C16H10FNO4/c17-13-9(5-6-12-14(13)22-8-21-12)7-18-15(19)10-3-1-2-4-11(10)16(18)20/h1-6H,7-8H2/p+1. The number of carbonyl (C=O) groups is 1. The smallest absolute Gasteiger partial charge is 0.423 e. The summed E-state index contributed by atoms with van der Waals surface area (Å²) in [5.74, 6) is -0.721. The normalized spacial score (nSPS) is 15.4. The fourth-order valence-electron chi connectivity index (χ4n) is 2.67. The highest BCUT2D eigenvalue weighted by Crippen LogP contribution is 2.36. The van der Waals surface area contributed by atoms with Crippen molar-refractivity contribution >= 4 is 11.8 Å². The Kier molecular flexibility index (Phi) is 2.66. The Balaban J connectivity index is 1.74. The molecule has 0 aromatic heterocycles. The van der Waals surface area contributed by atoms with Crippen LogP contribution in [-0.2, 0) is 6.54 Å². The number of carbonyl (C=O) groups excluding carboxylic acids is 1. The van der Waals surface area contributed by atoms with Crippen molar-refractivity contribution < 1.29 is 28.3 Å². The third kappa shape index (κ3) is 1.70. The first kappa shape index (κ1) is 12.8. The van der Waals surface area contributed by atoms with Gasteiger partial charge in [0, 0.05) is 0 Å². The Morgan fingerprint density at radius 2 is 1.91 bits per heavy atom. The number of halogens is 1. The van der Waals surface area contributed by atoms with Gasteiger partial charge in [0.2, 0.25) is 12.5 Å². The summed E-state index contributed by atoms with van der Waals surface area (Å²) in [6.07, 6.45) is 0. The van der Waals surface area contributed by atoms with Crippen LogP contribution in [0.4, 0.5) is 4.39 Å². The van der Waals surface area contributed by atoms with Crippen molar-refractivity contribution in [3.63, 3.8) is 0 Å². The van der Waals surface area contributed by atoms with E-state index in [-0.39, 0.29) is 36.5 Å². The molecule has 0 aliphatic carbocycles. The largest absolute Gasteiger partial charge is 0.459 e. The molecule has 0 saturated carbocycles. The lowest BCUT2D eigenvalue weighted by Crippen LogP contribution is -2.21. The number of nitrogens with zero attached hydrogens (tertiary/aromatic N) is 1. The first-order valence-electron chi connectivity index (χ1n) is 6.71. The SMILES string of the molecule is O=C1c2ccccc2C(O)=[N+]1Cc1ccc2c(c1F)OCO2. The van der Waals surface area contributed by atoms with Gasteiger partial charge in [0.15, 0.2) is 18.1 Å². The van der Waals surface area contributed by atoms with E-state index in [1.807, 2.05) is 0 Å². The molecule has 2 aliphatic rings. The van der Waals surface area contributed by atoms with Gasteiger partial charge < -0.3 is 14.6 Å². The van der Waals surface area contributed by atoms with Crippen LogP contribution in [0.2, 0.25) is 0 Å². The average Bonchev–Trinajstić information content (AvgIpc) is 3.10. The topological polar surface area (TPSA) is 58.8 Å². The van der Waals surface area contributed by atoms with Gasteiger partial charge >= 0.3 is 11.8 Å². The van der Waals surface area contributed by atoms with Gasteiger partial charge in [-0.3, -0.25) is 0 Å². The van der Waals surface area contributed by atoms with E-state index in [4.69, 9.17) is 9.47 Å². The highest BCUT2D eigenvalue weighted by molar-refractivity contribution is 6.09. The van der Waals surface area contributed by atoms with Crippen LogP contribution in [0.5, 0.6) is 11.5 Å². The zero-order valence-electron chi connectivity index (χ0n) is 11.4. The Hall–Kier alpha value is -2.89. The fourth-order valence-corrected chi connectivity index (χ4v) is 2.67. The molecule has 5 nitrogen and oxygen atoms in total. The van der Waals surface area contributed by atoms with Gasteiger partial charge in [-0.2, -0.15) is 0 Å². The number of hydrogen-bond donors (Lipinski definition) is 1. The van der Waals surface area contributed by atoms with E-state index >= 15 is 0 Å². The molecular weight excluding hydrogens is 289 g/mol. The average molecular weight is 300 g/mol. The summed E-state index contributed by atoms with van der Waals surface area (Å²) in [5.41, 5.74) is 1.10. The molecule has 0 atom stereocenters. The number of aliphatic hydroxyl groups excluding tert-OH is 1. The summed E-state index contributed by atoms with van der Waals surface area (Å²) in [6, 6.07) is 9.84. The van der Waals surface area contributed by atoms with E-state index in [1.165, 1.54) is 6.07 Å². The maximum atomic E-state index is 14.4.